The van der Waals surface area contributed by atoms with Crippen molar-refractivity contribution >= 4 is 5.78 Å². The number of ketones is 1. The number of aliphatic hydroxyl groups excluding tert-OH is 1. The Morgan fingerprint density at radius 2 is 1.70 bits per heavy atom. The first-order valence-electron chi connectivity index (χ1n) is 3.73. The maximum absolute atomic E-state index is 9.44. The Morgan fingerprint density at radius 1 is 1.30 bits per heavy atom. The van der Waals surface area contributed by atoms with E-state index in [0.717, 1.165) is 12.8 Å². The molecule has 0 aliphatic heterocycles. The van der Waals surface area contributed by atoms with Crippen LogP contribution in [0.3, 0.4) is 0 Å². The largest absolute Gasteiger partial charge is 0.396 e. The highest BCUT2D eigenvalue weighted by Crippen LogP contribution is 1.89. The molecule has 0 aromatic heterocycles. The molecule has 2 nitrogen and oxygen atoms in total. The third-order valence-corrected chi connectivity index (χ3v) is 0.762. The van der Waals surface area contributed by atoms with Crippen LogP contribution in [-0.2, 0) is 4.79 Å². The third kappa shape index (κ3) is 48.5. The predicted molar refractivity (Wildman–Crippen MR) is 43.0 cm³/mol. The maximum atomic E-state index is 9.44. The van der Waals surface area contributed by atoms with E-state index in [2.05, 4.69) is 6.92 Å². The third-order valence-electron chi connectivity index (χ3n) is 0.762. The van der Waals surface area contributed by atoms with Gasteiger partial charge in [-0.2, -0.15) is 0 Å². The summed E-state index contributed by atoms with van der Waals surface area (Å²) in [6.45, 7) is 5.53. The summed E-state index contributed by atoms with van der Waals surface area (Å²) in [6, 6.07) is 0. The number of hydrogen-bond donors (Lipinski definition) is 1. The molecule has 0 aromatic carbocycles. The normalized spacial score (nSPS) is 8.00. The standard InChI is InChI=1S/C5H12O.C3H6O/c1-2-3-4-5-6;1-3(2)4/h6H,2-5H2,1H3;1-2H3. The summed E-state index contributed by atoms with van der Waals surface area (Å²) >= 11 is 0. The van der Waals surface area contributed by atoms with Crippen molar-refractivity contribution in [3.05, 3.63) is 0 Å². The molecule has 0 radical (unpaired) electrons. The van der Waals surface area contributed by atoms with Gasteiger partial charge in [0.05, 0.1) is 0 Å². The minimum absolute atomic E-state index is 0.167. The average molecular weight is 146 g/mol. The van der Waals surface area contributed by atoms with Crippen LogP contribution in [0.25, 0.3) is 0 Å². The predicted octanol–water partition coefficient (Wildman–Crippen LogP) is 1.76. The van der Waals surface area contributed by atoms with Crippen molar-refractivity contribution in [1.29, 1.82) is 0 Å². The number of carbonyl (C=O) groups is 1. The average Bonchev–Trinajstić information content (AvgIpc) is 1.82. The fourth-order valence-corrected chi connectivity index (χ4v) is 0.362. The molecule has 0 atom stereocenters. The molecule has 0 aliphatic carbocycles. The van der Waals surface area contributed by atoms with Crippen LogP contribution in [0.15, 0.2) is 0 Å². The lowest BCUT2D eigenvalue weighted by atomic mass is 10.3. The minimum Gasteiger partial charge on any atom is -0.396 e. The Hall–Kier alpha value is -0.370. The van der Waals surface area contributed by atoms with Crippen molar-refractivity contribution in [2.75, 3.05) is 6.61 Å². The van der Waals surface area contributed by atoms with Gasteiger partial charge < -0.3 is 9.90 Å². The second-order valence-electron chi connectivity index (χ2n) is 2.34. The molecular weight excluding hydrogens is 128 g/mol. The van der Waals surface area contributed by atoms with Gasteiger partial charge in [-0.3, -0.25) is 0 Å². The number of hydrogen-bond acceptors (Lipinski definition) is 2. The van der Waals surface area contributed by atoms with Crippen molar-refractivity contribution in [2.24, 2.45) is 0 Å². The van der Waals surface area contributed by atoms with E-state index in [4.69, 9.17) is 5.11 Å². The fourth-order valence-electron chi connectivity index (χ4n) is 0.362. The Bertz CT molecular complexity index is 61.7. The van der Waals surface area contributed by atoms with E-state index in [0.29, 0.717) is 6.61 Å². The first-order chi connectivity index (χ1) is 4.65. The highest BCUT2D eigenvalue weighted by molar-refractivity contribution is 5.72. The summed E-state index contributed by atoms with van der Waals surface area (Å²) in [5.74, 6) is 0.167. The zero-order chi connectivity index (χ0) is 8.41. The molecule has 0 amide bonds. The van der Waals surface area contributed by atoms with Gasteiger partial charge in [0.25, 0.3) is 0 Å². The zero-order valence-corrected chi connectivity index (χ0v) is 7.18. The molecule has 0 saturated carbocycles. The summed E-state index contributed by atoms with van der Waals surface area (Å²) in [7, 11) is 0. The fraction of sp³-hybridized carbons (Fsp3) is 0.875. The van der Waals surface area contributed by atoms with Crippen LogP contribution in [0.5, 0.6) is 0 Å². The van der Waals surface area contributed by atoms with Crippen molar-refractivity contribution in [3.63, 3.8) is 0 Å². The molecule has 0 rings (SSSR count). The van der Waals surface area contributed by atoms with Crippen molar-refractivity contribution in [1.82, 2.24) is 0 Å². The smallest absolute Gasteiger partial charge is 0.126 e. The van der Waals surface area contributed by atoms with Crippen molar-refractivity contribution in [3.8, 4) is 0 Å². The number of carbonyl (C=O) groups excluding carboxylic acids is 1. The molecule has 1 N–H and O–H groups in total. The van der Waals surface area contributed by atoms with E-state index in [-0.39, 0.29) is 5.78 Å². The Kier molecular flexibility index (Phi) is 14.1. The van der Waals surface area contributed by atoms with Gasteiger partial charge in [-0.25, -0.2) is 0 Å². The second kappa shape index (κ2) is 11.4. The molecule has 0 aromatic rings. The molecule has 2 heteroatoms. The molecule has 0 saturated heterocycles. The quantitative estimate of drug-likeness (QED) is 0.616. The number of Topliss-reactive ketones (excluding diaryl/α,β-unsaturated/α-hetero) is 1. The Balaban J connectivity index is 0. The maximum Gasteiger partial charge on any atom is 0.126 e. The van der Waals surface area contributed by atoms with E-state index >= 15 is 0 Å². The monoisotopic (exact) mass is 146 g/mol. The lowest BCUT2D eigenvalue weighted by Gasteiger charge is -1.85. The van der Waals surface area contributed by atoms with Crippen LogP contribution in [0.4, 0.5) is 0 Å². The van der Waals surface area contributed by atoms with E-state index < -0.39 is 0 Å². The summed E-state index contributed by atoms with van der Waals surface area (Å²) < 4.78 is 0. The van der Waals surface area contributed by atoms with Gasteiger partial charge in [0.15, 0.2) is 0 Å². The lowest BCUT2D eigenvalue weighted by Crippen LogP contribution is -1.78. The van der Waals surface area contributed by atoms with Gasteiger partial charge in [-0.15, -0.1) is 0 Å². The van der Waals surface area contributed by atoms with E-state index in [9.17, 15) is 4.79 Å². The van der Waals surface area contributed by atoms with Crippen LogP contribution >= 0.6 is 0 Å². The lowest BCUT2D eigenvalue weighted by molar-refractivity contribution is -0.114. The van der Waals surface area contributed by atoms with Crippen molar-refractivity contribution < 1.29 is 9.90 Å². The Labute approximate surface area is 63.3 Å². The number of rotatable bonds is 3. The SMILES string of the molecule is CC(C)=O.CCCCCO. The molecule has 0 aliphatic rings. The van der Waals surface area contributed by atoms with Gasteiger partial charge in [-0.1, -0.05) is 19.8 Å². The molecule has 10 heavy (non-hydrogen) atoms. The van der Waals surface area contributed by atoms with E-state index in [1.807, 2.05) is 0 Å². The first-order valence-corrected chi connectivity index (χ1v) is 3.73. The molecule has 0 unspecified atom stereocenters. The second-order valence-corrected chi connectivity index (χ2v) is 2.34. The molecule has 0 fully saturated rings. The topological polar surface area (TPSA) is 37.3 Å². The van der Waals surface area contributed by atoms with Gasteiger partial charge in [0.1, 0.15) is 5.78 Å². The summed E-state index contributed by atoms with van der Waals surface area (Å²) in [4.78, 5) is 9.44. The van der Waals surface area contributed by atoms with Gasteiger partial charge in [0, 0.05) is 6.61 Å². The van der Waals surface area contributed by atoms with Crippen LogP contribution in [-0.4, -0.2) is 17.5 Å². The van der Waals surface area contributed by atoms with Gasteiger partial charge in [-0.05, 0) is 20.3 Å². The molecule has 0 spiro atoms. The first kappa shape index (κ1) is 12.3. The van der Waals surface area contributed by atoms with Gasteiger partial charge in [0.2, 0.25) is 0 Å². The van der Waals surface area contributed by atoms with Gasteiger partial charge >= 0.3 is 0 Å². The molecular formula is C8H18O2. The Morgan fingerprint density at radius 3 is 1.80 bits per heavy atom. The van der Waals surface area contributed by atoms with Crippen LogP contribution in [0, 0.1) is 0 Å². The van der Waals surface area contributed by atoms with Crippen LogP contribution in [0.1, 0.15) is 40.0 Å². The van der Waals surface area contributed by atoms with E-state index in [1.54, 1.807) is 0 Å². The van der Waals surface area contributed by atoms with Crippen LogP contribution in [0.2, 0.25) is 0 Å². The zero-order valence-electron chi connectivity index (χ0n) is 7.18. The molecule has 62 valence electrons. The minimum atomic E-state index is 0.167. The summed E-state index contributed by atoms with van der Waals surface area (Å²) in [5.41, 5.74) is 0. The van der Waals surface area contributed by atoms with Crippen LogP contribution < -0.4 is 0 Å². The highest BCUT2D eigenvalue weighted by Gasteiger charge is 1.76. The number of unbranched alkanes of at least 4 members (excludes halogenated alkanes) is 2. The molecule has 0 bridgehead atoms. The highest BCUT2D eigenvalue weighted by atomic mass is 16.2. The summed E-state index contributed by atoms with van der Waals surface area (Å²) in [5, 5.41) is 8.20. The van der Waals surface area contributed by atoms with Crippen molar-refractivity contribution in [2.45, 2.75) is 40.0 Å². The number of aliphatic hydroxyl groups is 1. The van der Waals surface area contributed by atoms with E-state index in [1.165, 1.54) is 20.3 Å². The molecule has 0 heterocycles. The summed E-state index contributed by atoms with van der Waals surface area (Å²) in [6.07, 6.45) is 3.33.